The standard InChI is InChI=1S/C27H44/c1-25(2)21-17-13-10-8-6-7-9-11-15-19-23-27(5)24-20-16-12-14-18-22-26(3)4/h8-12,16,21-23H,6-7,13-15,17-20,24H2,1-5H3/b10-8+,11-9-,16-12+,27-23-. The van der Waals surface area contributed by atoms with Crippen LogP contribution in [0.4, 0.5) is 0 Å². The highest BCUT2D eigenvalue weighted by Gasteiger charge is 1.88. The molecule has 0 aliphatic heterocycles. The zero-order chi connectivity index (χ0) is 20.2. The fraction of sp³-hybridized carbons (Fsp3) is 0.556. The molecule has 0 spiro atoms. The van der Waals surface area contributed by atoms with E-state index in [0.29, 0.717) is 0 Å². The van der Waals surface area contributed by atoms with Crippen molar-refractivity contribution >= 4 is 0 Å². The summed E-state index contributed by atoms with van der Waals surface area (Å²) < 4.78 is 0. The summed E-state index contributed by atoms with van der Waals surface area (Å²) in [6.45, 7) is 10.9. The van der Waals surface area contributed by atoms with Crippen molar-refractivity contribution < 1.29 is 0 Å². The largest absolute Gasteiger partial charge is 0.0882 e. The minimum Gasteiger partial charge on any atom is -0.0882 e. The minimum atomic E-state index is 1.17. The zero-order valence-corrected chi connectivity index (χ0v) is 18.8. The van der Waals surface area contributed by atoms with Crippen molar-refractivity contribution in [2.45, 2.75) is 98.8 Å². The van der Waals surface area contributed by atoms with Crippen LogP contribution < -0.4 is 0 Å². The first kappa shape index (κ1) is 25.4. The third-order valence-electron chi connectivity index (χ3n) is 4.30. The van der Waals surface area contributed by atoms with E-state index in [2.05, 4.69) is 89.3 Å². The van der Waals surface area contributed by atoms with Crippen LogP contribution in [0.3, 0.4) is 0 Å². The van der Waals surface area contributed by atoms with E-state index in [1.165, 1.54) is 80.9 Å². The number of rotatable bonds is 15. The second-order valence-electron chi connectivity index (χ2n) is 7.88. The van der Waals surface area contributed by atoms with Gasteiger partial charge in [-0.25, -0.2) is 0 Å². The molecule has 0 heteroatoms. The van der Waals surface area contributed by atoms with Crippen LogP contribution in [-0.2, 0) is 0 Å². The Labute approximate surface area is 170 Å². The minimum absolute atomic E-state index is 1.17. The molecule has 0 N–H and O–H groups in total. The van der Waals surface area contributed by atoms with Gasteiger partial charge >= 0.3 is 0 Å². The summed E-state index contributed by atoms with van der Waals surface area (Å²) >= 11 is 0. The molecule has 0 aliphatic carbocycles. The molecular formula is C27H44. The summed E-state index contributed by atoms with van der Waals surface area (Å²) in [7, 11) is 0. The van der Waals surface area contributed by atoms with Gasteiger partial charge in [0.25, 0.3) is 0 Å². The molecule has 0 unspecified atom stereocenters. The molecule has 0 amide bonds. The Balaban J connectivity index is 3.61. The van der Waals surface area contributed by atoms with Crippen molar-refractivity contribution in [2.75, 3.05) is 0 Å². The van der Waals surface area contributed by atoms with E-state index in [4.69, 9.17) is 0 Å². The highest BCUT2D eigenvalue weighted by Crippen LogP contribution is 2.09. The molecular weight excluding hydrogens is 324 g/mol. The number of hydrogen-bond donors (Lipinski definition) is 0. The maximum Gasteiger partial charge on any atom is -0.0288 e. The van der Waals surface area contributed by atoms with E-state index in [1.807, 2.05) is 0 Å². The van der Waals surface area contributed by atoms with Crippen LogP contribution in [0.2, 0.25) is 0 Å². The highest BCUT2D eigenvalue weighted by atomic mass is 13.9. The Morgan fingerprint density at radius 1 is 0.407 bits per heavy atom. The van der Waals surface area contributed by atoms with Gasteiger partial charge in [-0.05, 0) is 98.8 Å². The lowest BCUT2D eigenvalue weighted by Crippen LogP contribution is -1.77. The Hall–Kier alpha value is -1.56. The number of unbranched alkanes of at least 4 members (excludes halogenated alkanes) is 4. The topological polar surface area (TPSA) is 0 Å². The van der Waals surface area contributed by atoms with Gasteiger partial charge in [-0.1, -0.05) is 71.4 Å². The van der Waals surface area contributed by atoms with Gasteiger partial charge in [0.2, 0.25) is 0 Å². The SMILES string of the molecule is CC(C)=CCC/C=C/CC/C=C\CC/C=C(/C)CC/C=C/CCC=C(C)C. The lowest BCUT2D eigenvalue weighted by Gasteiger charge is -1.98. The summed E-state index contributed by atoms with van der Waals surface area (Å²) in [5.74, 6) is 0. The van der Waals surface area contributed by atoms with E-state index in [0.717, 1.165) is 0 Å². The fourth-order valence-electron chi connectivity index (χ4n) is 2.68. The van der Waals surface area contributed by atoms with Crippen LogP contribution in [0, 0.1) is 0 Å². The van der Waals surface area contributed by atoms with Gasteiger partial charge in [0, 0.05) is 0 Å². The summed E-state index contributed by atoms with van der Waals surface area (Å²) in [6, 6.07) is 0. The van der Waals surface area contributed by atoms with Crippen LogP contribution in [0.5, 0.6) is 0 Å². The molecule has 0 radical (unpaired) electrons. The first-order valence-electron chi connectivity index (χ1n) is 10.9. The lowest BCUT2D eigenvalue weighted by molar-refractivity contribution is 0.929. The van der Waals surface area contributed by atoms with Crippen molar-refractivity contribution in [3.05, 3.63) is 71.4 Å². The average Bonchev–Trinajstić information content (AvgIpc) is 2.61. The summed E-state index contributed by atoms with van der Waals surface area (Å²) in [5, 5.41) is 0. The molecule has 0 saturated heterocycles. The Kier molecular flexibility index (Phi) is 18.1. The number of hydrogen-bond acceptors (Lipinski definition) is 0. The first-order chi connectivity index (χ1) is 13.0. The predicted molar refractivity (Wildman–Crippen MR) is 126 cm³/mol. The average molecular weight is 369 g/mol. The summed E-state index contributed by atoms with van der Waals surface area (Å²) in [4.78, 5) is 0. The molecule has 152 valence electrons. The quantitative estimate of drug-likeness (QED) is 0.199. The van der Waals surface area contributed by atoms with Crippen molar-refractivity contribution in [2.24, 2.45) is 0 Å². The van der Waals surface area contributed by atoms with Gasteiger partial charge in [0.05, 0.1) is 0 Å². The number of allylic oxidation sites excluding steroid dienone is 12. The third-order valence-corrected chi connectivity index (χ3v) is 4.30. The second-order valence-corrected chi connectivity index (χ2v) is 7.88. The van der Waals surface area contributed by atoms with Gasteiger partial charge in [-0.3, -0.25) is 0 Å². The Morgan fingerprint density at radius 2 is 0.741 bits per heavy atom. The van der Waals surface area contributed by atoms with Gasteiger partial charge in [-0.2, -0.15) is 0 Å². The molecule has 0 aliphatic rings. The van der Waals surface area contributed by atoms with Crippen molar-refractivity contribution in [3.8, 4) is 0 Å². The van der Waals surface area contributed by atoms with E-state index in [1.54, 1.807) is 0 Å². The Morgan fingerprint density at radius 3 is 1.15 bits per heavy atom. The molecule has 0 aromatic carbocycles. The van der Waals surface area contributed by atoms with Crippen molar-refractivity contribution in [1.82, 2.24) is 0 Å². The molecule has 0 nitrogen and oxygen atoms in total. The monoisotopic (exact) mass is 368 g/mol. The molecule has 0 fully saturated rings. The van der Waals surface area contributed by atoms with Crippen LogP contribution in [0.15, 0.2) is 71.4 Å². The molecule has 0 rings (SSSR count). The van der Waals surface area contributed by atoms with Crippen molar-refractivity contribution in [1.29, 1.82) is 0 Å². The molecule has 0 aromatic heterocycles. The second kappa shape index (κ2) is 19.2. The van der Waals surface area contributed by atoms with Crippen molar-refractivity contribution in [3.63, 3.8) is 0 Å². The van der Waals surface area contributed by atoms with Gasteiger partial charge in [0.15, 0.2) is 0 Å². The normalized spacial score (nSPS) is 12.4. The molecule has 0 bridgehead atoms. The fourth-order valence-corrected chi connectivity index (χ4v) is 2.68. The summed E-state index contributed by atoms with van der Waals surface area (Å²) in [6.07, 6.45) is 32.7. The molecule has 0 heterocycles. The highest BCUT2D eigenvalue weighted by molar-refractivity contribution is 5.02. The smallest absolute Gasteiger partial charge is 0.0288 e. The molecule has 0 atom stereocenters. The Bertz CT molecular complexity index is 512. The van der Waals surface area contributed by atoms with Crippen LogP contribution in [-0.4, -0.2) is 0 Å². The van der Waals surface area contributed by atoms with Gasteiger partial charge in [-0.15, -0.1) is 0 Å². The van der Waals surface area contributed by atoms with Crippen LogP contribution in [0.1, 0.15) is 98.8 Å². The summed E-state index contributed by atoms with van der Waals surface area (Å²) in [5.41, 5.74) is 4.36. The van der Waals surface area contributed by atoms with Crippen LogP contribution >= 0.6 is 0 Å². The van der Waals surface area contributed by atoms with E-state index in [-0.39, 0.29) is 0 Å². The molecule has 0 aromatic rings. The predicted octanol–water partition coefficient (Wildman–Crippen LogP) is 9.43. The molecule has 0 saturated carbocycles. The molecule has 27 heavy (non-hydrogen) atoms. The third kappa shape index (κ3) is 22.4. The van der Waals surface area contributed by atoms with E-state index < -0.39 is 0 Å². The van der Waals surface area contributed by atoms with Gasteiger partial charge < -0.3 is 0 Å². The zero-order valence-electron chi connectivity index (χ0n) is 18.8. The maximum absolute atomic E-state index is 2.41. The lowest BCUT2D eigenvalue weighted by atomic mass is 10.1. The van der Waals surface area contributed by atoms with E-state index in [9.17, 15) is 0 Å². The van der Waals surface area contributed by atoms with E-state index >= 15 is 0 Å². The van der Waals surface area contributed by atoms with Gasteiger partial charge in [0.1, 0.15) is 0 Å². The van der Waals surface area contributed by atoms with Crippen LogP contribution in [0.25, 0.3) is 0 Å². The maximum atomic E-state index is 2.41. The first-order valence-corrected chi connectivity index (χ1v) is 10.9.